The fourth-order valence-corrected chi connectivity index (χ4v) is 4.87. The Kier molecular flexibility index (Phi) is 7.64. The number of nitrogens with zero attached hydrogens (tertiary/aromatic N) is 3. The van der Waals surface area contributed by atoms with E-state index in [2.05, 4.69) is 10.3 Å². The highest BCUT2D eigenvalue weighted by Crippen LogP contribution is 2.23. The molecule has 2 saturated heterocycles. The van der Waals surface area contributed by atoms with Crippen molar-refractivity contribution >= 4 is 34.2 Å². The van der Waals surface area contributed by atoms with E-state index in [0.717, 1.165) is 49.3 Å². The van der Waals surface area contributed by atoms with Crippen LogP contribution in [0.5, 0.6) is 0 Å². The van der Waals surface area contributed by atoms with Crippen LogP contribution in [0.15, 0.2) is 0 Å². The van der Waals surface area contributed by atoms with Gasteiger partial charge in [0.15, 0.2) is 5.13 Å². The molecule has 8 heteroatoms. The molecule has 0 aliphatic carbocycles. The molecule has 2 aliphatic rings. The number of anilines is 1. The predicted molar refractivity (Wildman–Crippen MR) is 114 cm³/mol. The SMILES string of the molecule is Cc1nc(NC(=O)CCC(=O)N2CCC[C@H](C(=O)N3CCCCCC3)C2)sc1C. The molecule has 0 radical (unpaired) electrons. The van der Waals surface area contributed by atoms with Gasteiger partial charge in [0.05, 0.1) is 11.6 Å². The van der Waals surface area contributed by atoms with E-state index in [1.54, 1.807) is 4.90 Å². The van der Waals surface area contributed by atoms with E-state index >= 15 is 0 Å². The monoisotopic (exact) mass is 420 g/mol. The van der Waals surface area contributed by atoms with Crippen LogP contribution in [0.2, 0.25) is 0 Å². The molecule has 0 saturated carbocycles. The highest BCUT2D eigenvalue weighted by Gasteiger charge is 2.31. The number of rotatable bonds is 5. The van der Waals surface area contributed by atoms with Gasteiger partial charge in [-0.25, -0.2) is 4.98 Å². The van der Waals surface area contributed by atoms with Gasteiger partial charge >= 0.3 is 0 Å². The van der Waals surface area contributed by atoms with E-state index in [0.29, 0.717) is 18.2 Å². The van der Waals surface area contributed by atoms with Crippen LogP contribution >= 0.6 is 11.3 Å². The number of piperidine rings is 1. The maximum Gasteiger partial charge on any atom is 0.227 e. The van der Waals surface area contributed by atoms with Gasteiger partial charge in [-0.3, -0.25) is 14.4 Å². The van der Waals surface area contributed by atoms with E-state index in [4.69, 9.17) is 0 Å². The van der Waals surface area contributed by atoms with Crippen molar-refractivity contribution in [2.45, 2.75) is 65.2 Å². The van der Waals surface area contributed by atoms with E-state index < -0.39 is 0 Å². The van der Waals surface area contributed by atoms with Gasteiger partial charge in [-0.15, -0.1) is 11.3 Å². The van der Waals surface area contributed by atoms with Crippen molar-refractivity contribution in [3.8, 4) is 0 Å². The lowest BCUT2D eigenvalue weighted by Crippen LogP contribution is -2.47. The number of amides is 3. The standard InChI is InChI=1S/C21H32N4O3S/c1-15-16(2)29-21(22-15)23-18(26)9-10-19(27)25-13-7-8-17(14-25)20(28)24-11-5-3-4-6-12-24/h17H,3-14H2,1-2H3,(H,22,23,26)/t17-/m0/s1. The van der Waals surface area contributed by atoms with Crippen molar-refractivity contribution in [3.05, 3.63) is 10.6 Å². The summed E-state index contributed by atoms with van der Waals surface area (Å²) in [6.45, 7) is 6.73. The summed E-state index contributed by atoms with van der Waals surface area (Å²) in [4.78, 5) is 46.8. The summed E-state index contributed by atoms with van der Waals surface area (Å²) in [7, 11) is 0. The van der Waals surface area contributed by atoms with Crippen molar-refractivity contribution in [2.75, 3.05) is 31.5 Å². The quantitative estimate of drug-likeness (QED) is 0.793. The molecule has 0 bridgehead atoms. The third-order valence-electron chi connectivity index (χ3n) is 5.88. The van der Waals surface area contributed by atoms with Gasteiger partial charge in [0.2, 0.25) is 17.7 Å². The van der Waals surface area contributed by atoms with E-state index in [1.807, 2.05) is 18.7 Å². The highest BCUT2D eigenvalue weighted by atomic mass is 32.1. The van der Waals surface area contributed by atoms with Crippen LogP contribution in [0, 0.1) is 19.8 Å². The third-order valence-corrected chi connectivity index (χ3v) is 6.87. The van der Waals surface area contributed by atoms with Crippen LogP contribution in [0.3, 0.4) is 0 Å². The zero-order valence-corrected chi connectivity index (χ0v) is 18.4. The summed E-state index contributed by atoms with van der Waals surface area (Å²) in [5, 5.41) is 3.36. The van der Waals surface area contributed by atoms with Gasteiger partial charge < -0.3 is 15.1 Å². The lowest BCUT2D eigenvalue weighted by atomic mass is 9.96. The van der Waals surface area contributed by atoms with Gasteiger partial charge in [0.25, 0.3) is 0 Å². The normalized spacial score (nSPS) is 20.3. The Hall–Kier alpha value is -1.96. The first-order valence-electron chi connectivity index (χ1n) is 10.7. The minimum Gasteiger partial charge on any atom is -0.342 e. The molecule has 160 valence electrons. The number of carbonyl (C=O) groups is 3. The molecule has 2 fully saturated rings. The summed E-state index contributed by atoms with van der Waals surface area (Å²) >= 11 is 1.44. The molecule has 3 rings (SSSR count). The third kappa shape index (κ3) is 6.01. The van der Waals surface area contributed by atoms with Gasteiger partial charge in [0.1, 0.15) is 0 Å². The van der Waals surface area contributed by atoms with Crippen LogP contribution in [-0.2, 0) is 14.4 Å². The first-order chi connectivity index (χ1) is 13.9. The second-order valence-electron chi connectivity index (χ2n) is 8.13. The molecule has 0 spiro atoms. The molecule has 0 aromatic carbocycles. The smallest absolute Gasteiger partial charge is 0.227 e. The van der Waals surface area contributed by atoms with Crippen LogP contribution in [0.1, 0.15) is 61.9 Å². The zero-order valence-electron chi connectivity index (χ0n) is 17.5. The fourth-order valence-electron chi connectivity index (χ4n) is 4.04. The molecule has 1 atom stereocenters. The largest absolute Gasteiger partial charge is 0.342 e. The van der Waals surface area contributed by atoms with Crippen molar-refractivity contribution < 1.29 is 14.4 Å². The Labute approximate surface area is 176 Å². The molecule has 1 N–H and O–H groups in total. The molecule has 0 unspecified atom stereocenters. The summed E-state index contributed by atoms with van der Waals surface area (Å²) in [5.41, 5.74) is 0.912. The summed E-state index contributed by atoms with van der Waals surface area (Å²) in [6.07, 6.45) is 6.55. The number of likely N-dealkylation sites (tertiary alicyclic amines) is 2. The molecule has 3 heterocycles. The molecule has 1 aromatic heterocycles. The van der Waals surface area contributed by atoms with Crippen molar-refractivity contribution in [1.82, 2.24) is 14.8 Å². The molecule has 3 amide bonds. The van der Waals surface area contributed by atoms with Gasteiger partial charge in [-0.1, -0.05) is 12.8 Å². The minimum atomic E-state index is -0.193. The number of carbonyl (C=O) groups excluding carboxylic acids is 3. The molecule has 2 aliphatic heterocycles. The van der Waals surface area contributed by atoms with Crippen LogP contribution in [-0.4, -0.2) is 58.7 Å². The fraction of sp³-hybridized carbons (Fsp3) is 0.714. The summed E-state index contributed by atoms with van der Waals surface area (Å²) in [6, 6.07) is 0. The van der Waals surface area contributed by atoms with Crippen molar-refractivity contribution in [2.24, 2.45) is 5.92 Å². The minimum absolute atomic E-state index is 0.0417. The second-order valence-corrected chi connectivity index (χ2v) is 9.33. The van der Waals surface area contributed by atoms with Gasteiger partial charge in [0, 0.05) is 43.9 Å². The molecule has 1 aromatic rings. The Bertz CT molecular complexity index is 721. The molecular formula is C21H32N4O3S. The van der Waals surface area contributed by atoms with Crippen molar-refractivity contribution in [3.63, 3.8) is 0 Å². The average molecular weight is 421 g/mol. The van der Waals surface area contributed by atoms with Crippen LogP contribution in [0.25, 0.3) is 0 Å². The second kappa shape index (κ2) is 10.2. The Morgan fingerprint density at radius 2 is 1.69 bits per heavy atom. The molecule has 29 heavy (non-hydrogen) atoms. The lowest BCUT2D eigenvalue weighted by molar-refractivity contribution is -0.141. The molecule has 7 nitrogen and oxygen atoms in total. The summed E-state index contributed by atoms with van der Waals surface area (Å²) < 4.78 is 0. The van der Waals surface area contributed by atoms with Crippen molar-refractivity contribution in [1.29, 1.82) is 0 Å². The lowest BCUT2D eigenvalue weighted by Gasteiger charge is -2.34. The van der Waals surface area contributed by atoms with E-state index in [9.17, 15) is 14.4 Å². The topological polar surface area (TPSA) is 82.6 Å². The van der Waals surface area contributed by atoms with Crippen LogP contribution < -0.4 is 5.32 Å². The number of hydrogen-bond acceptors (Lipinski definition) is 5. The average Bonchev–Trinajstić information content (AvgIpc) is 2.91. The first kappa shape index (κ1) is 21.7. The molecular weight excluding hydrogens is 388 g/mol. The Morgan fingerprint density at radius 1 is 1.00 bits per heavy atom. The van der Waals surface area contributed by atoms with E-state index in [1.165, 1.54) is 24.2 Å². The number of hydrogen-bond donors (Lipinski definition) is 1. The number of aryl methyl sites for hydroxylation is 2. The number of nitrogens with one attached hydrogen (secondary N) is 1. The predicted octanol–water partition coefficient (Wildman–Crippen LogP) is 3.12. The Morgan fingerprint density at radius 3 is 2.34 bits per heavy atom. The highest BCUT2D eigenvalue weighted by molar-refractivity contribution is 7.15. The van der Waals surface area contributed by atoms with Gasteiger partial charge in [-0.05, 0) is 39.5 Å². The van der Waals surface area contributed by atoms with E-state index in [-0.39, 0.29) is 36.5 Å². The maximum atomic E-state index is 12.9. The Balaban J connectivity index is 1.46. The number of aromatic nitrogens is 1. The first-order valence-corrected chi connectivity index (χ1v) is 11.6. The maximum absolute atomic E-state index is 12.9. The zero-order chi connectivity index (χ0) is 20.8. The van der Waals surface area contributed by atoms with Crippen LogP contribution in [0.4, 0.5) is 5.13 Å². The van der Waals surface area contributed by atoms with Gasteiger partial charge in [-0.2, -0.15) is 0 Å². The number of thiazole rings is 1. The summed E-state index contributed by atoms with van der Waals surface area (Å²) in [5.74, 6) is -0.126.